The van der Waals surface area contributed by atoms with E-state index in [9.17, 15) is 14.5 Å². The van der Waals surface area contributed by atoms with E-state index in [1.807, 2.05) is 6.92 Å². The Morgan fingerprint density at radius 3 is 2.71 bits per heavy atom. The van der Waals surface area contributed by atoms with E-state index in [0.29, 0.717) is 16.6 Å². The SMILES string of the molecule is CC(NCc1ccccc1[N+](=O)[O-])c1ccc(F)cc1Br. The number of hydrogen-bond acceptors (Lipinski definition) is 3. The van der Waals surface area contributed by atoms with Crippen LogP contribution in [0.4, 0.5) is 10.1 Å². The molecule has 0 aliphatic rings. The zero-order chi connectivity index (χ0) is 15.4. The second kappa shape index (κ2) is 6.78. The normalized spacial score (nSPS) is 12.1. The number of hydrogen-bond donors (Lipinski definition) is 1. The average molecular weight is 353 g/mol. The molecule has 0 heterocycles. The number of benzene rings is 2. The average Bonchev–Trinajstić information content (AvgIpc) is 2.45. The van der Waals surface area contributed by atoms with Crippen LogP contribution in [0.15, 0.2) is 46.9 Å². The molecule has 21 heavy (non-hydrogen) atoms. The van der Waals surface area contributed by atoms with Gasteiger partial charge in [-0.2, -0.15) is 0 Å². The number of nitro groups is 1. The fourth-order valence-corrected chi connectivity index (χ4v) is 2.76. The molecule has 1 unspecified atom stereocenters. The van der Waals surface area contributed by atoms with Crippen molar-refractivity contribution < 1.29 is 9.31 Å². The minimum atomic E-state index is -0.393. The van der Waals surface area contributed by atoms with Gasteiger partial charge in [-0.1, -0.05) is 40.2 Å². The number of nitro benzene ring substituents is 1. The van der Waals surface area contributed by atoms with Gasteiger partial charge in [-0.25, -0.2) is 4.39 Å². The summed E-state index contributed by atoms with van der Waals surface area (Å²) >= 11 is 3.32. The van der Waals surface area contributed by atoms with E-state index in [-0.39, 0.29) is 17.5 Å². The van der Waals surface area contributed by atoms with E-state index in [1.165, 1.54) is 18.2 Å². The topological polar surface area (TPSA) is 55.2 Å². The first-order valence-electron chi connectivity index (χ1n) is 6.39. The Balaban J connectivity index is 2.11. The van der Waals surface area contributed by atoms with Crippen LogP contribution in [0, 0.1) is 15.9 Å². The van der Waals surface area contributed by atoms with Crippen molar-refractivity contribution in [3.8, 4) is 0 Å². The first-order chi connectivity index (χ1) is 9.99. The summed E-state index contributed by atoms with van der Waals surface area (Å²) in [4.78, 5) is 10.6. The Labute approximate surface area is 130 Å². The highest BCUT2D eigenvalue weighted by Gasteiger charge is 2.14. The number of nitrogens with zero attached hydrogens (tertiary/aromatic N) is 1. The highest BCUT2D eigenvalue weighted by atomic mass is 79.9. The molecule has 110 valence electrons. The molecule has 0 saturated heterocycles. The third-order valence-electron chi connectivity index (χ3n) is 3.22. The number of para-hydroxylation sites is 1. The molecule has 1 N–H and O–H groups in total. The van der Waals surface area contributed by atoms with Crippen LogP contribution >= 0.6 is 15.9 Å². The van der Waals surface area contributed by atoms with Crippen molar-refractivity contribution in [3.05, 3.63) is 74.0 Å². The maximum absolute atomic E-state index is 13.1. The van der Waals surface area contributed by atoms with Gasteiger partial charge in [0.15, 0.2) is 0 Å². The molecule has 0 fully saturated rings. The van der Waals surface area contributed by atoms with Gasteiger partial charge < -0.3 is 5.32 Å². The number of nitrogens with one attached hydrogen (secondary N) is 1. The van der Waals surface area contributed by atoms with E-state index in [1.54, 1.807) is 24.3 Å². The van der Waals surface area contributed by atoms with Gasteiger partial charge in [-0.15, -0.1) is 0 Å². The minimum absolute atomic E-state index is 0.0696. The highest BCUT2D eigenvalue weighted by Crippen LogP contribution is 2.25. The lowest BCUT2D eigenvalue weighted by Crippen LogP contribution is -2.19. The predicted molar refractivity (Wildman–Crippen MR) is 82.5 cm³/mol. The van der Waals surface area contributed by atoms with Crippen LogP contribution in [0.3, 0.4) is 0 Å². The molecule has 4 nitrogen and oxygen atoms in total. The highest BCUT2D eigenvalue weighted by molar-refractivity contribution is 9.10. The zero-order valence-corrected chi connectivity index (χ0v) is 12.9. The molecule has 0 aliphatic heterocycles. The van der Waals surface area contributed by atoms with E-state index in [2.05, 4.69) is 21.2 Å². The lowest BCUT2D eigenvalue weighted by atomic mass is 10.1. The standard InChI is InChI=1S/C15H14BrFN2O2/c1-10(13-7-6-12(17)8-14(13)16)18-9-11-4-2-3-5-15(11)19(20)21/h2-8,10,18H,9H2,1H3. The summed E-state index contributed by atoms with van der Waals surface area (Å²) in [6.45, 7) is 2.29. The Morgan fingerprint density at radius 1 is 1.33 bits per heavy atom. The summed E-state index contributed by atoms with van der Waals surface area (Å²) < 4.78 is 13.7. The minimum Gasteiger partial charge on any atom is -0.306 e. The number of halogens is 2. The predicted octanol–water partition coefficient (Wildman–Crippen LogP) is 4.35. The molecule has 2 aromatic carbocycles. The van der Waals surface area contributed by atoms with Gasteiger partial charge in [0.1, 0.15) is 5.82 Å². The Hall–Kier alpha value is -1.79. The molecule has 1 atom stereocenters. The first-order valence-corrected chi connectivity index (χ1v) is 7.19. The molecule has 2 aromatic rings. The quantitative estimate of drug-likeness (QED) is 0.642. The summed E-state index contributed by atoms with van der Waals surface area (Å²) in [5.74, 6) is -0.309. The summed E-state index contributed by atoms with van der Waals surface area (Å²) in [7, 11) is 0. The summed E-state index contributed by atoms with van der Waals surface area (Å²) in [6, 6.07) is 11.0. The van der Waals surface area contributed by atoms with Crippen LogP contribution in [-0.2, 0) is 6.54 Å². The van der Waals surface area contributed by atoms with Gasteiger partial charge in [0.2, 0.25) is 0 Å². The second-order valence-corrected chi connectivity index (χ2v) is 5.51. The third kappa shape index (κ3) is 3.86. The zero-order valence-electron chi connectivity index (χ0n) is 11.3. The van der Waals surface area contributed by atoms with Crippen molar-refractivity contribution in [2.24, 2.45) is 0 Å². The maximum atomic E-state index is 13.1. The van der Waals surface area contributed by atoms with Gasteiger partial charge in [0.25, 0.3) is 5.69 Å². The van der Waals surface area contributed by atoms with Crippen LogP contribution < -0.4 is 5.32 Å². The van der Waals surface area contributed by atoms with Crippen LogP contribution in [0.25, 0.3) is 0 Å². The Bertz CT molecular complexity index is 664. The van der Waals surface area contributed by atoms with Crippen molar-refractivity contribution in [1.82, 2.24) is 5.32 Å². The molecule has 0 aliphatic carbocycles. The second-order valence-electron chi connectivity index (χ2n) is 4.65. The molecule has 0 amide bonds. The molecule has 6 heteroatoms. The van der Waals surface area contributed by atoms with Crippen LogP contribution in [-0.4, -0.2) is 4.92 Å². The summed E-state index contributed by atoms with van der Waals surface area (Å²) in [5.41, 5.74) is 1.61. The van der Waals surface area contributed by atoms with Crippen LogP contribution in [0.1, 0.15) is 24.1 Å². The van der Waals surface area contributed by atoms with Gasteiger partial charge >= 0.3 is 0 Å². The molecule has 0 radical (unpaired) electrons. The van der Waals surface area contributed by atoms with Crippen molar-refractivity contribution in [2.75, 3.05) is 0 Å². The molecule has 2 rings (SSSR count). The fourth-order valence-electron chi connectivity index (χ4n) is 2.06. The smallest absolute Gasteiger partial charge is 0.273 e. The lowest BCUT2D eigenvalue weighted by Gasteiger charge is -2.16. The van der Waals surface area contributed by atoms with Gasteiger partial charge in [0.05, 0.1) is 4.92 Å². The molecular formula is C15H14BrFN2O2. The van der Waals surface area contributed by atoms with Crippen molar-refractivity contribution >= 4 is 21.6 Å². The van der Waals surface area contributed by atoms with Crippen molar-refractivity contribution in [1.29, 1.82) is 0 Å². The molecular weight excluding hydrogens is 339 g/mol. The lowest BCUT2D eigenvalue weighted by molar-refractivity contribution is -0.385. The fraction of sp³-hybridized carbons (Fsp3) is 0.200. The van der Waals surface area contributed by atoms with Crippen LogP contribution in [0.2, 0.25) is 0 Å². The van der Waals surface area contributed by atoms with E-state index < -0.39 is 4.92 Å². The van der Waals surface area contributed by atoms with Gasteiger partial charge in [0, 0.05) is 28.7 Å². The molecule has 0 bridgehead atoms. The largest absolute Gasteiger partial charge is 0.306 e. The van der Waals surface area contributed by atoms with Crippen LogP contribution in [0.5, 0.6) is 0 Å². The molecule has 0 saturated carbocycles. The Kier molecular flexibility index (Phi) is 5.03. The van der Waals surface area contributed by atoms with Crippen molar-refractivity contribution in [3.63, 3.8) is 0 Å². The Morgan fingerprint density at radius 2 is 2.05 bits per heavy atom. The van der Waals surface area contributed by atoms with Crippen molar-refractivity contribution in [2.45, 2.75) is 19.5 Å². The summed E-state index contributed by atoms with van der Waals surface area (Å²) in [6.07, 6.45) is 0. The molecule has 0 spiro atoms. The van der Waals surface area contributed by atoms with Gasteiger partial charge in [-0.05, 0) is 24.6 Å². The van der Waals surface area contributed by atoms with Gasteiger partial charge in [-0.3, -0.25) is 10.1 Å². The summed E-state index contributed by atoms with van der Waals surface area (Å²) in [5, 5.41) is 14.2. The van der Waals surface area contributed by atoms with E-state index in [0.717, 1.165) is 5.56 Å². The van der Waals surface area contributed by atoms with E-state index in [4.69, 9.17) is 0 Å². The monoisotopic (exact) mass is 352 g/mol. The maximum Gasteiger partial charge on any atom is 0.273 e. The number of rotatable bonds is 5. The third-order valence-corrected chi connectivity index (χ3v) is 3.90. The molecule has 0 aromatic heterocycles. The van der Waals surface area contributed by atoms with E-state index >= 15 is 0 Å². The first kappa shape index (κ1) is 15.6.